The fraction of sp³-hybridized carbons (Fsp3) is 0.111. The van der Waals surface area contributed by atoms with Gasteiger partial charge in [0, 0.05) is 18.9 Å². The van der Waals surface area contributed by atoms with E-state index in [0.29, 0.717) is 17.4 Å². The van der Waals surface area contributed by atoms with Gasteiger partial charge in [-0.05, 0) is 34.2 Å². The lowest BCUT2D eigenvalue weighted by Crippen LogP contribution is -2.04. The van der Waals surface area contributed by atoms with Gasteiger partial charge < -0.3 is 5.73 Å². The molecule has 0 spiro atoms. The van der Waals surface area contributed by atoms with Gasteiger partial charge in [-0.15, -0.1) is 0 Å². The van der Waals surface area contributed by atoms with Gasteiger partial charge in [0.25, 0.3) is 0 Å². The zero-order chi connectivity index (χ0) is 10.8. The van der Waals surface area contributed by atoms with Crippen LogP contribution in [0.3, 0.4) is 0 Å². The van der Waals surface area contributed by atoms with Crippen LogP contribution >= 0.6 is 34.2 Å². The van der Waals surface area contributed by atoms with Crippen LogP contribution in [0.4, 0.5) is 0 Å². The topological polar surface area (TPSA) is 56.7 Å². The number of rotatable bonds is 2. The molecular formula is C9H8ClIN4. The van der Waals surface area contributed by atoms with Crippen LogP contribution in [0, 0.1) is 3.57 Å². The summed E-state index contributed by atoms with van der Waals surface area (Å²) in [5, 5.41) is 4.70. The van der Waals surface area contributed by atoms with E-state index in [4.69, 9.17) is 17.3 Å². The molecule has 0 aliphatic rings. The Morgan fingerprint density at radius 2 is 2.33 bits per heavy atom. The molecule has 78 valence electrons. The highest BCUT2D eigenvalue weighted by molar-refractivity contribution is 14.1. The zero-order valence-corrected chi connectivity index (χ0v) is 10.6. The van der Waals surface area contributed by atoms with Crippen molar-refractivity contribution in [2.75, 3.05) is 0 Å². The molecule has 4 nitrogen and oxygen atoms in total. The summed E-state index contributed by atoms with van der Waals surface area (Å²) in [5.74, 6) is 0.613. The third-order valence-corrected chi connectivity index (χ3v) is 2.91. The molecule has 6 heteroatoms. The zero-order valence-electron chi connectivity index (χ0n) is 7.69. The Hall–Kier alpha value is -0.660. The van der Waals surface area contributed by atoms with Crippen molar-refractivity contribution >= 4 is 34.2 Å². The molecule has 2 aromatic rings. The predicted molar refractivity (Wildman–Crippen MR) is 67.0 cm³/mol. The number of nitrogens with two attached hydrogens (primary N) is 1. The van der Waals surface area contributed by atoms with Crippen LogP contribution in [0.25, 0.3) is 5.82 Å². The summed E-state index contributed by atoms with van der Waals surface area (Å²) >= 11 is 8.33. The highest BCUT2D eigenvalue weighted by Gasteiger charge is 2.09. The average molecular weight is 335 g/mol. The predicted octanol–water partition coefficient (Wildman–Crippen LogP) is 1.98. The van der Waals surface area contributed by atoms with Crippen molar-refractivity contribution in [3.63, 3.8) is 0 Å². The number of nitrogens with zero attached hydrogens (tertiary/aromatic N) is 3. The third kappa shape index (κ3) is 2.14. The van der Waals surface area contributed by atoms with Gasteiger partial charge in [0.15, 0.2) is 5.82 Å². The fourth-order valence-corrected chi connectivity index (χ4v) is 1.87. The second-order valence-electron chi connectivity index (χ2n) is 2.91. The maximum Gasteiger partial charge on any atom is 0.172 e. The molecule has 0 saturated carbocycles. The summed E-state index contributed by atoms with van der Waals surface area (Å²) in [6, 6.07) is 1.81. The van der Waals surface area contributed by atoms with Crippen molar-refractivity contribution < 1.29 is 0 Å². The molecule has 2 heterocycles. The number of hydrogen-bond donors (Lipinski definition) is 1. The Balaban J connectivity index is 2.53. The first-order valence-electron chi connectivity index (χ1n) is 4.26. The summed E-state index contributed by atoms with van der Waals surface area (Å²) < 4.78 is 2.67. The second-order valence-corrected chi connectivity index (χ2v) is 4.54. The quantitative estimate of drug-likeness (QED) is 0.855. The monoisotopic (exact) mass is 334 g/mol. The highest BCUT2D eigenvalue weighted by Crippen LogP contribution is 2.22. The smallest absolute Gasteiger partial charge is 0.172 e. The van der Waals surface area contributed by atoms with Crippen molar-refractivity contribution in [3.05, 3.63) is 38.8 Å². The van der Waals surface area contributed by atoms with Crippen LogP contribution in [0.1, 0.15) is 5.56 Å². The van der Waals surface area contributed by atoms with Gasteiger partial charge in [0.1, 0.15) is 0 Å². The van der Waals surface area contributed by atoms with Gasteiger partial charge in [0.05, 0.1) is 14.8 Å². The maximum absolute atomic E-state index is 6.15. The fourth-order valence-electron chi connectivity index (χ4n) is 1.21. The summed E-state index contributed by atoms with van der Waals surface area (Å²) in [6.45, 7) is 0.396. The molecule has 15 heavy (non-hydrogen) atoms. The largest absolute Gasteiger partial charge is 0.326 e. The van der Waals surface area contributed by atoms with Crippen LogP contribution < -0.4 is 5.73 Å². The van der Waals surface area contributed by atoms with Gasteiger partial charge in [-0.2, -0.15) is 5.10 Å². The minimum Gasteiger partial charge on any atom is -0.326 e. The number of pyridine rings is 1. The lowest BCUT2D eigenvalue weighted by Gasteiger charge is -2.06. The minimum absolute atomic E-state index is 0.396. The summed E-state index contributed by atoms with van der Waals surface area (Å²) in [6.07, 6.45) is 5.28. The van der Waals surface area contributed by atoms with E-state index in [1.807, 2.05) is 6.20 Å². The first-order valence-corrected chi connectivity index (χ1v) is 5.72. The summed E-state index contributed by atoms with van der Waals surface area (Å²) in [7, 11) is 0. The van der Waals surface area contributed by atoms with E-state index in [1.54, 1.807) is 23.1 Å². The highest BCUT2D eigenvalue weighted by atomic mass is 127. The Morgan fingerprint density at radius 3 is 2.93 bits per heavy atom. The number of hydrogen-bond acceptors (Lipinski definition) is 3. The molecular weight excluding hydrogens is 326 g/mol. The number of halogens is 2. The molecule has 0 bridgehead atoms. The molecule has 2 N–H and O–H groups in total. The average Bonchev–Trinajstić information content (AvgIpc) is 2.65. The molecule has 0 atom stereocenters. The van der Waals surface area contributed by atoms with E-state index in [9.17, 15) is 0 Å². The van der Waals surface area contributed by atoms with Crippen LogP contribution in [-0.2, 0) is 6.54 Å². The Morgan fingerprint density at radius 1 is 1.53 bits per heavy atom. The standard InChI is InChI=1S/C9H8ClIN4/c10-8-6(3-12)1-2-13-9(8)15-5-7(11)4-14-15/h1-2,4-5H,3,12H2. The molecule has 0 aromatic carbocycles. The van der Waals surface area contributed by atoms with Gasteiger partial charge in [-0.25, -0.2) is 9.67 Å². The Labute approximate surface area is 106 Å². The van der Waals surface area contributed by atoms with Gasteiger partial charge >= 0.3 is 0 Å². The van der Waals surface area contributed by atoms with Gasteiger partial charge in [-0.1, -0.05) is 11.6 Å². The molecule has 0 unspecified atom stereocenters. The second kappa shape index (κ2) is 4.46. The number of aromatic nitrogens is 3. The molecule has 0 saturated heterocycles. The molecule has 0 amide bonds. The van der Waals surface area contributed by atoms with Crippen molar-refractivity contribution in [2.24, 2.45) is 5.73 Å². The summed E-state index contributed by atoms with van der Waals surface area (Å²) in [5.41, 5.74) is 6.43. The SMILES string of the molecule is NCc1ccnc(-n2cc(I)cn2)c1Cl. The van der Waals surface area contributed by atoms with E-state index in [-0.39, 0.29) is 0 Å². The third-order valence-electron chi connectivity index (χ3n) is 1.94. The Bertz CT molecular complexity index is 483. The first-order chi connectivity index (χ1) is 7.22. The van der Waals surface area contributed by atoms with E-state index in [0.717, 1.165) is 9.13 Å². The normalized spacial score (nSPS) is 10.6. The molecule has 0 aliphatic heterocycles. The van der Waals surface area contributed by atoms with E-state index >= 15 is 0 Å². The minimum atomic E-state index is 0.396. The van der Waals surface area contributed by atoms with Gasteiger partial charge in [-0.3, -0.25) is 0 Å². The molecule has 0 radical (unpaired) electrons. The Kier molecular flexibility index (Phi) is 3.22. The summed E-state index contributed by atoms with van der Waals surface area (Å²) in [4.78, 5) is 4.18. The molecule has 2 rings (SSSR count). The van der Waals surface area contributed by atoms with Gasteiger partial charge in [0.2, 0.25) is 0 Å². The molecule has 2 aromatic heterocycles. The van der Waals surface area contributed by atoms with Crippen LogP contribution in [-0.4, -0.2) is 14.8 Å². The van der Waals surface area contributed by atoms with Crippen LogP contribution in [0.2, 0.25) is 5.02 Å². The van der Waals surface area contributed by atoms with Crippen LogP contribution in [0.5, 0.6) is 0 Å². The van der Waals surface area contributed by atoms with E-state index in [2.05, 4.69) is 32.7 Å². The molecule has 0 aliphatic carbocycles. The van der Waals surface area contributed by atoms with E-state index < -0.39 is 0 Å². The van der Waals surface area contributed by atoms with Crippen molar-refractivity contribution in [2.45, 2.75) is 6.54 Å². The lowest BCUT2D eigenvalue weighted by atomic mass is 10.2. The lowest BCUT2D eigenvalue weighted by molar-refractivity contribution is 0.841. The van der Waals surface area contributed by atoms with E-state index in [1.165, 1.54) is 0 Å². The van der Waals surface area contributed by atoms with Crippen molar-refractivity contribution in [1.29, 1.82) is 0 Å². The van der Waals surface area contributed by atoms with Crippen molar-refractivity contribution in [1.82, 2.24) is 14.8 Å². The maximum atomic E-state index is 6.15. The van der Waals surface area contributed by atoms with Crippen molar-refractivity contribution in [3.8, 4) is 5.82 Å². The first kappa shape index (κ1) is 10.8. The molecule has 0 fully saturated rings. The van der Waals surface area contributed by atoms with Crippen LogP contribution in [0.15, 0.2) is 24.7 Å².